The van der Waals surface area contributed by atoms with Crippen molar-refractivity contribution in [2.45, 2.75) is 43.7 Å². The second-order valence-electron chi connectivity index (χ2n) is 11.9. The second-order valence-corrected chi connectivity index (χ2v) is 11.9. The third-order valence-corrected chi connectivity index (χ3v) is 8.86. The highest BCUT2D eigenvalue weighted by atomic mass is 16.3. The van der Waals surface area contributed by atoms with Gasteiger partial charge in [0.1, 0.15) is 5.52 Å². The molecule has 7 heteroatoms. The number of aryl methyl sites for hydroxylation is 1. The normalized spacial score (nSPS) is 22.2. The number of aliphatic hydroxyl groups is 1. The molecule has 41 heavy (non-hydrogen) atoms. The number of benzene rings is 3. The first kappa shape index (κ1) is 24.3. The van der Waals surface area contributed by atoms with Crippen LogP contribution in [0.5, 0.6) is 0 Å². The third kappa shape index (κ3) is 3.96. The van der Waals surface area contributed by atoms with Gasteiger partial charge in [-0.3, -0.25) is 4.40 Å². The topological polar surface area (TPSA) is 102 Å². The summed E-state index contributed by atoms with van der Waals surface area (Å²) in [5, 5.41) is 19.8. The molecule has 0 radical (unpaired) electrons. The molecule has 2 saturated carbocycles. The number of aromatic nitrogens is 5. The summed E-state index contributed by atoms with van der Waals surface area (Å²) in [5.74, 6) is 1.15. The largest absolute Gasteiger partial charge is 0.389 e. The lowest BCUT2D eigenvalue weighted by atomic mass is 9.60. The highest BCUT2D eigenvalue weighted by Crippen LogP contribution is 2.57. The zero-order valence-corrected chi connectivity index (χ0v) is 22.8. The molecule has 0 bridgehead atoms. The van der Waals surface area contributed by atoms with Crippen LogP contribution in [0.3, 0.4) is 0 Å². The number of rotatable bonds is 5. The van der Waals surface area contributed by atoms with Crippen molar-refractivity contribution in [2.24, 2.45) is 11.7 Å². The lowest BCUT2D eigenvalue weighted by Crippen LogP contribution is -2.60. The van der Waals surface area contributed by atoms with Crippen LogP contribution in [0.4, 0.5) is 0 Å². The van der Waals surface area contributed by atoms with Crippen LogP contribution in [0.25, 0.3) is 50.7 Å². The molecule has 3 aromatic carbocycles. The first-order valence-corrected chi connectivity index (χ1v) is 14.2. The Balaban J connectivity index is 1.26. The summed E-state index contributed by atoms with van der Waals surface area (Å²) in [5.41, 5.74) is 14.6. The summed E-state index contributed by atoms with van der Waals surface area (Å²) >= 11 is 0. The summed E-state index contributed by atoms with van der Waals surface area (Å²) in [6.07, 6.45) is 3.46. The van der Waals surface area contributed by atoms with Crippen molar-refractivity contribution >= 4 is 16.8 Å². The van der Waals surface area contributed by atoms with Gasteiger partial charge in [-0.25, -0.2) is 9.97 Å². The Morgan fingerprint density at radius 3 is 2.12 bits per heavy atom. The summed E-state index contributed by atoms with van der Waals surface area (Å²) in [6, 6.07) is 30.6. The summed E-state index contributed by atoms with van der Waals surface area (Å²) in [7, 11) is 0. The van der Waals surface area contributed by atoms with Crippen LogP contribution in [-0.4, -0.2) is 35.3 Å². The molecule has 6 aromatic rings. The van der Waals surface area contributed by atoms with Crippen molar-refractivity contribution in [3.63, 3.8) is 0 Å². The third-order valence-electron chi connectivity index (χ3n) is 8.86. The number of nitrogens with two attached hydrogens (primary N) is 1. The molecule has 0 unspecified atom stereocenters. The van der Waals surface area contributed by atoms with Gasteiger partial charge in [0, 0.05) is 22.2 Å². The van der Waals surface area contributed by atoms with Crippen LogP contribution in [0, 0.1) is 12.8 Å². The number of hydrogen-bond acceptors (Lipinski definition) is 6. The number of fused-ring (bicyclic) bond motifs is 3. The molecule has 3 aromatic heterocycles. The maximum absolute atomic E-state index is 10.9. The van der Waals surface area contributed by atoms with Crippen molar-refractivity contribution in [1.29, 1.82) is 0 Å². The number of hydrogen-bond donors (Lipinski definition) is 2. The standard InChI is InChI=1S/C34H30N6O/c1-21-7-9-24(10-8-21)31-39-38-28-18-17-27-32(40(28)31)37-30(22-5-3-2-4-6-22)29(36-27)23-11-13-25(14-12-23)33(35)19-34(41,20-33)26-15-16-26/h2-14,17-18,26,41H,15-16,19-20,35H2,1H3. The number of pyridine rings is 1. The zero-order chi connectivity index (χ0) is 27.8. The van der Waals surface area contributed by atoms with Crippen LogP contribution in [-0.2, 0) is 5.54 Å². The fourth-order valence-electron chi connectivity index (χ4n) is 6.48. The van der Waals surface area contributed by atoms with E-state index in [1.54, 1.807) is 0 Å². The van der Waals surface area contributed by atoms with E-state index in [2.05, 4.69) is 77.8 Å². The van der Waals surface area contributed by atoms with Crippen LogP contribution >= 0.6 is 0 Å². The van der Waals surface area contributed by atoms with Crippen molar-refractivity contribution in [1.82, 2.24) is 24.6 Å². The monoisotopic (exact) mass is 538 g/mol. The second kappa shape index (κ2) is 8.77. The molecule has 0 amide bonds. The zero-order valence-electron chi connectivity index (χ0n) is 22.8. The summed E-state index contributed by atoms with van der Waals surface area (Å²) < 4.78 is 1.99. The average molecular weight is 539 g/mol. The van der Waals surface area contributed by atoms with Crippen molar-refractivity contribution in [3.05, 3.63) is 102 Å². The highest BCUT2D eigenvalue weighted by Gasteiger charge is 2.58. The van der Waals surface area contributed by atoms with Gasteiger partial charge in [0.15, 0.2) is 17.1 Å². The Morgan fingerprint density at radius 2 is 1.41 bits per heavy atom. The van der Waals surface area contributed by atoms with E-state index in [-0.39, 0.29) is 0 Å². The van der Waals surface area contributed by atoms with Crippen LogP contribution < -0.4 is 5.73 Å². The van der Waals surface area contributed by atoms with Crippen molar-refractivity contribution in [3.8, 4) is 33.9 Å². The van der Waals surface area contributed by atoms with Gasteiger partial charge >= 0.3 is 0 Å². The fraction of sp³-hybridized carbons (Fsp3) is 0.235. The molecule has 8 rings (SSSR count). The van der Waals surface area contributed by atoms with Gasteiger partial charge < -0.3 is 10.8 Å². The van der Waals surface area contributed by atoms with Gasteiger partial charge in [0.05, 0.1) is 17.0 Å². The van der Waals surface area contributed by atoms with E-state index in [1.807, 2.05) is 34.7 Å². The van der Waals surface area contributed by atoms with E-state index in [1.165, 1.54) is 5.56 Å². The molecule has 3 heterocycles. The van der Waals surface area contributed by atoms with Gasteiger partial charge in [0.2, 0.25) is 0 Å². The number of nitrogens with zero attached hydrogens (tertiary/aromatic N) is 5. The van der Waals surface area contributed by atoms with E-state index < -0.39 is 11.1 Å². The summed E-state index contributed by atoms with van der Waals surface area (Å²) in [4.78, 5) is 10.4. The molecule has 202 valence electrons. The smallest absolute Gasteiger partial charge is 0.170 e. The first-order valence-electron chi connectivity index (χ1n) is 14.2. The van der Waals surface area contributed by atoms with Gasteiger partial charge in [-0.1, -0.05) is 84.4 Å². The quantitative estimate of drug-likeness (QED) is 0.276. The molecule has 0 saturated heterocycles. The van der Waals surface area contributed by atoms with E-state index in [0.717, 1.165) is 63.5 Å². The highest BCUT2D eigenvalue weighted by molar-refractivity contribution is 5.87. The molecule has 0 atom stereocenters. The Bertz CT molecular complexity index is 1920. The maximum Gasteiger partial charge on any atom is 0.170 e. The molecular formula is C34H30N6O. The Kier molecular flexibility index (Phi) is 5.21. The van der Waals surface area contributed by atoms with Crippen LogP contribution in [0.2, 0.25) is 0 Å². The summed E-state index contributed by atoms with van der Waals surface area (Å²) in [6.45, 7) is 2.07. The van der Waals surface area contributed by atoms with Gasteiger partial charge in [0.25, 0.3) is 0 Å². The minimum absolute atomic E-state index is 0.420. The van der Waals surface area contributed by atoms with Gasteiger partial charge in [-0.05, 0) is 56.2 Å². The fourth-order valence-corrected chi connectivity index (χ4v) is 6.48. The van der Waals surface area contributed by atoms with E-state index >= 15 is 0 Å². The molecule has 0 aliphatic heterocycles. The Morgan fingerprint density at radius 1 is 0.756 bits per heavy atom. The Hall–Kier alpha value is -4.46. The van der Waals surface area contributed by atoms with E-state index in [0.29, 0.717) is 24.4 Å². The lowest BCUT2D eigenvalue weighted by Gasteiger charge is -2.52. The molecule has 7 nitrogen and oxygen atoms in total. The predicted molar refractivity (Wildman–Crippen MR) is 160 cm³/mol. The van der Waals surface area contributed by atoms with Crippen molar-refractivity contribution < 1.29 is 5.11 Å². The SMILES string of the molecule is Cc1ccc(-c2nnc3ccc4nc(-c5ccc(C6(N)CC(O)(C7CC7)C6)cc5)c(-c5ccccc5)nc4n23)cc1. The molecule has 3 N–H and O–H groups in total. The van der Waals surface area contributed by atoms with Crippen LogP contribution in [0.1, 0.15) is 36.8 Å². The minimum Gasteiger partial charge on any atom is -0.389 e. The minimum atomic E-state index is -0.595. The average Bonchev–Trinajstić information content (AvgIpc) is 3.76. The Labute approximate surface area is 237 Å². The lowest BCUT2D eigenvalue weighted by molar-refractivity contribution is -0.106. The van der Waals surface area contributed by atoms with Gasteiger partial charge in [-0.2, -0.15) is 0 Å². The van der Waals surface area contributed by atoms with E-state index in [9.17, 15) is 5.11 Å². The molecule has 2 aliphatic carbocycles. The molecule has 2 aliphatic rings. The van der Waals surface area contributed by atoms with E-state index in [4.69, 9.17) is 15.7 Å². The molecular weight excluding hydrogens is 508 g/mol. The maximum atomic E-state index is 10.9. The predicted octanol–water partition coefficient (Wildman–Crippen LogP) is 6.07. The molecule has 2 fully saturated rings. The molecule has 0 spiro atoms. The van der Waals surface area contributed by atoms with Gasteiger partial charge in [-0.15, -0.1) is 10.2 Å². The van der Waals surface area contributed by atoms with Crippen LogP contribution in [0.15, 0.2) is 91.0 Å². The first-order chi connectivity index (χ1) is 19.9. The van der Waals surface area contributed by atoms with Crippen molar-refractivity contribution in [2.75, 3.05) is 0 Å².